The lowest BCUT2D eigenvalue weighted by Crippen LogP contribution is -2.21. The van der Waals surface area contributed by atoms with Crippen molar-refractivity contribution in [2.24, 2.45) is 0 Å². The predicted octanol–water partition coefficient (Wildman–Crippen LogP) is 3.16. The van der Waals surface area contributed by atoms with Crippen LogP contribution in [0.2, 0.25) is 0 Å². The zero-order chi connectivity index (χ0) is 13.2. The molecule has 1 rings (SSSR count). The topological polar surface area (TPSA) is 30.5 Å². The van der Waals surface area contributed by atoms with Gasteiger partial charge in [-0.3, -0.25) is 0 Å². The Morgan fingerprint density at radius 2 is 1.83 bits per heavy atom. The van der Waals surface area contributed by atoms with Crippen LogP contribution in [-0.4, -0.2) is 26.9 Å². The van der Waals surface area contributed by atoms with Crippen molar-refractivity contribution >= 4 is 0 Å². The molecule has 0 amide bonds. The maximum absolute atomic E-state index is 5.55. The molecular formula is C15H25NO2. The highest BCUT2D eigenvalue weighted by Crippen LogP contribution is 2.20. The van der Waals surface area contributed by atoms with Crippen molar-refractivity contribution in [2.75, 3.05) is 26.9 Å². The molecule has 18 heavy (non-hydrogen) atoms. The van der Waals surface area contributed by atoms with Gasteiger partial charge in [0.2, 0.25) is 0 Å². The summed E-state index contributed by atoms with van der Waals surface area (Å²) in [6.45, 7) is 6.67. The third kappa shape index (κ3) is 5.07. The molecule has 0 aliphatic rings. The monoisotopic (exact) mass is 251 g/mol. The maximum atomic E-state index is 5.55. The third-order valence-corrected chi connectivity index (χ3v) is 2.89. The van der Waals surface area contributed by atoms with Crippen LogP contribution in [0.25, 0.3) is 0 Å². The van der Waals surface area contributed by atoms with Gasteiger partial charge in [-0.1, -0.05) is 26.0 Å². The number of hydrogen-bond donors (Lipinski definition) is 1. The summed E-state index contributed by atoms with van der Waals surface area (Å²) in [4.78, 5) is 0. The van der Waals surface area contributed by atoms with Crippen LogP contribution in [0.15, 0.2) is 24.3 Å². The van der Waals surface area contributed by atoms with Gasteiger partial charge in [-0.05, 0) is 37.1 Å². The number of benzene rings is 1. The molecule has 0 bridgehead atoms. The molecule has 3 nitrogen and oxygen atoms in total. The number of ether oxygens (including phenoxy) is 2. The van der Waals surface area contributed by atoms with Gasteiger partial charge in [-0.15, -0.1) is 0 Å². The van der Waals surface area contributed by atoms with Crippen molar-refractivity contribution in [3.63, 3.8) is 0 Å². The van der Waals surface area contributed by atoms with Gasteiger partial charge in [0.1, 0.15) is 12.4 Å². The molecule has 1 unspecified atom stereocenters. The molecule has 1 aromatic carbocycles. The standard InChI is InChI=1S/C15H25NO2/c1-4-10-16-15(5-2)13-6-8-14(9-7-13)18-12-11-17-3/h6-9,15-16H,4-5,10-12H2,1-3H3. The molecule has 1 N–H and O–H groups in total. The second-order valence-corrected chi connectivity index (χ2v) is 4.33. The fourth-order valence-electron chi connectivity index (χ4n) is 1.86. The minimum Gasteiger partial charge on any atom is -0.491 e. The van der Waals surface area contributed by atoms with Crippen molar-refractivity contribution in [3.8, 4) is 5.75 Å². The largest absolute Gasteiger partial charge is 0.491 e. The average Bonchev–Trinajstić information content (AvgIpc) is 2.41. The molecule has 0 radical (unpaired) electrons. The van der Waals surface area contributed by atoms with E-state index >= 15 is 0 Å². The first-order chi connectivity index (χ1) is 8.81. The third-order valence-electron chi connectivity index (χ3n) is 2.89. The SMILES string of the molecule is CCCNC(CC)c1ccc(OCCOC)cc1. The Morgan fingerprint density at radius 3 is 2.39 bits per heavy atom. The second kappa shape index (κ2) is 8.95. The Kier molecular flexibility index (Phi) is 7.46. The fourth-order valence-corrected chi connectivity index (χ4v) is 1.86. The predicted molar refractivity (Wildman–Crippen MR) is 75.1 cm³/mol. The average molecular weight is 251 g/mol. The van der Waals surface area contributed by atoms with Crippen LogP contribution in [0.5, 0.6) is 5.75 Å². The summed E-state index contributed by atoms with van der Waals surface area (Å²) in [6.07, 6.45) is 2.26. The highest BCUT2D eigenvalue weighted by molar-refractivity contribution is 5.29. The fraction of sp³-hybridized carbons (Fsp3) is 0.600. The van der Waals surface area contributed by atoms with Crippen molar-refractivity contribution < 1.29 is 9.47 Å². The molecule has 0 aliphatic carbocycles. The van der Waals surface area contributed by atoms with Gasteiger partial charge in [0.05, 0.1) is 6.61 Å². The molecule has 1 aromatic rings. The van der Waals surface area contributed by atoms with Crippen molar-refractivity contribution in [1.29, 1.82) is 0 Å². The zero-order valence-electron chi connectivity index (χ0n) is 11.7. The number of hydrogen-bond acceptors (Lipinski definition) is 3. The lowest BCUT2D eigenvalue weighted by atomic mass is 10.0. The highest BCUT2D eigenvalue weighted by atomic mass is 16.5. The molecule has 0 heterocycles. The smallest absolute Gasteiger partial charge is 0.119 e. The first kappa shape index (κ1) is 15.0. The Hall–Kier alpha value is -1.06. The van der Waals surface area contributed by atoms with E-state index in [1.165, 1.54) is 5.56 Å². The van der Waals surface area contributed by atoms with Crippen LogP contribution in [0.1, 0.15) is 38.3 Å². The maximum Gasteiger partial charge on any atom is 0.119 e. The van der Waals surface area contributed by atoms with Crippen LogP contribution < -0.4 is 10.1 Å². The lowest BCUT2D eigenvalue weighted by Gasteiger charge is -2.17. The molecule has 0 spiro atoms. The lowest BCUT2D eigenvalue weighted by molar-refractivity contribution is 0.146. The molecule has 0 fully saturated rings. The summed E-state index contributed by atoms with van der Waals surface area (Å²) in [5.41, 5.74) is 1.32. The van der Waals surface area contributed by atoms with E-state index in [1.54, 1.807) is 7.11 Å². The Morgan fingerprint density at radius 1 is 1.11 bits per heavy atom. The molecule has 0 saturated heterocycles. The summed E-state index contributed by atoms with van der Waals surface area (Å²) in [6, 6.07) is 8.78. The summed E-state index contributed by atoms with van der Waals surface area (Å²) in [5, 5.41) is 3.55. The van der Waals surface area contributed by atoms with Gasteiger partial charge in [-0.25, -0.2) is 0 Å². The number of methoxy groups -OCH3 is 1. The molecule has 0 aromatic heterocycles. The summed E-state index contributed by atoms with van der Waals surface area (Å²) >= 11 is 0. The van der Waals surface area contributed by atoms with Crippen molar-refractivity contribution in [1.82, 2.24) is 5.32 Å². The Bertz CT molecular complexity index is 311. The van der Waals surface area contributed by atoms with Gasteiger partial charge in [-0.2, -0.15) is 0 Å². The summed E-state index contributed by atoms with van der Waals surface area (Å²) in [7, 11) is 1.68. The van der Waals surface area contributed by atoms with Gasteiger partial charge in [0.15, 0.2) is 0 Å². The van der Waals surface area contributed by atoms with E-state index in [0.717, 1.165) is 25.1 Å². The van der Waals surface area contributed by atoms with Gasteiger partial charge < -0.3 is 14.8 Å². The van der Waals surface area contributed by atoms with Gasteiger partial charge in [0, 0.05) is 13.2 Å². The molecule has 0 saturated carbocycles. The van der Waals surface area contributed by atoms with Crippen molar-refractivity contribution in [2.45, 2.75) is 32.7 Å². The van der Waals surface area contributed by atoms with Crippen LogP contribution in [-0.2, 0) is 4.74 Å². The molecule has 3 heteroatoms. The van der Waals surface area contributed by atoms with E-state index in [1.807, 2.05) is 12.1 Å². The van der Waals surface area contributed by atoms with Gasteiger partial charge >= 0.3 is 0 Å². The van der Waals surface area contributed by atoms with Crippen LogP contribution in [0.4, 0.5) is 0 Å². The van der Waals surface area contributed by atoms with Gasteiger partial charge in [0.25, 0.3) is 0 Å². The van der Waals surface area contributed by atoms with Crippen LogP contribution in [0, 0.1) is 0 Å². The summed E-state index contributed by atoms with van der Waals surface area (Å²) in [5.74, 6) is 0.904. The van der Waals surface area contributed by atoms with Crippen LogP contribution >= 0.6 is 0 Å². The highest BCUT2D eigenvalue weighted by Gasteiger charge is 2.07. The van der Waals surface area contributed by atoms with E-state index < -0.39 is 0 Å². The summed E-state index contributed by atoms with van der Waals surface area (Å²) < 4.78 is 10.5. The minimum absolute atomic E-state index is 0.443. The number of rotatable bonds is 9. The Labute approximate surface area is 110 Å². The molecule has 0 aliphatic heterocycles. The van der Waals surface area contributed by atoms with E-state index in [-0.39, 0.29) is 0 Å². The quantitative estimate of drug-likeness (QED) is 0.684. The van der Waals surface area contributed by atoms with E-state index in [9.17, 15) is 0 Å². The number of nitrogens with one attached hydrogen (secondary N) is 1. The molecule has 1 atom stereocenters. The minimum atomic E-state index is 0.443. The van der Waals surface area contributed by atoms with Crippen LogP contribution in [0.3, 0.4) is 0 Å². The Balaban J connectivity index is 2.51. The molecular weight excluding hydrogens is 226 g/mol. The van der Waals surface area contributed by atoms with Crippen molar-refractivity contribution in [3.05, 3.63) is 29.8 Å². The second-order valence-electron chi connectivity index (χ2n) is 4.33. The normalized spacial score (nSPS) is 12.4. The van der Waals surface area contributed by atoms with E-state index in [4.69, 9.17) is 9.47 Å². The first-order valence-corrected chi connectivity index (χ1v) is 6.76. The zero-order valence-corrected chi connectivity index (χ0v) is 11.7. The molecule has 102 valence electrons. The van der Waals surface area contributed by atoms with E-state index in [2.05, 4.69) is 31.3 Å². The first-order valence-electron chi connectivity index (χ1n) is 6.76. The van der Waals surface area contributed by atoms with E-state index in [0.29, 0.717) is 19.3 Å².